The van der Waals surface area contributed by atoms with Crippen LogP contribution in [-0.4, -0.2) is 30.7 Å². The molecule has 1 N–H and O–H groups in total. The number of para-hydroxylation sites is 1. The van der Waals surface area contributed by atoms with Gasteiger partial charge in [-0.25, -0.2) is 0 Å². The van der Waals surface area contributed by atoms with E-state index in [0.717, 1.165) is 37.3 Å². The quantitative estimate of drug-likeness (QED) is 0.359. The molecular formula is C25H32ClN3O. The van der Waals surface area contributed by atoms with Crippen molar-refractivity contribution < 1.29 is 0 Å². The molecule has 4 nitrogen and oxygen atoms in total. The van der Waals surface area contributed by atoms with Crippen molar-refractivity contribution in [3.8, 4) is 0 Å². The maximum atomic E-state index is 14.0. The van der Waals surface area contributed by atoms with E-state index in [1.54, 1.807) is 0 Å². The summed E-state index contributed by atoms with van der Waals surface area (Å²) in [6.45, 7) is 2.37. The maximum Gasteiger partial charge on any atom is 0.176 e. The number of hydrogen-bond acceptors (Lipinski definition) is 3. The Bertz CT molecular complexity index is 873. The Morgan fingerprint density at radius 3 is 2.33 bits per heavy atom. The van der Waals surface area contributed by atoms with Gasteiger partial charge in [0, 0.05) is 31.5 Å². The molecule has 30 heavy (non-hydrogen) atoms. The van der Waals surface area contributed by atoms with Gasteiger partial charge in [-0.2, -0.15) is 0 Å². The Kier molecular flexibility index (Phi) is 5.53. The molecule has 2 heterocycles. The number of hydrogen-bond donors (Lipinski definition) is 1. The van der Waals surface area contributed by atoms with Crippen molar-refractivity contribution in [3.63, 3.8) is 0 Å². The molecule has 1 saturated carbocycles. The average molecular weight is 426 g/mol. The second-order valence-electron chi connectivity index (χ2n) is 9.30. The molecule has 160 valence electrons. The molecule has 1 atom stereocenters. The van der Waals surface area contributed by atoms with Crippen LogP contribution >= 0.6 is 11.6 Å². The first-order valence-electron chi connectivity index (χ1n) is 11.6. The van der Waals surface area contributed by atoms with E-state index in [1.165, 1.54) is 44.1 Å². The number of nitrogens with one attached hydrogen (secondary N) is 1. The van der Waals surface area contributed by atoms with E-state index >= 15 is 0 Å². The molecule has 2 fully saturated rings. The summed E-state index contributed by atoms with van der Waals surface area (Å²) in [5.41, 5.74) is 3.25. The van der Waals surface area contributed by atoms with Crippen LogP contribution in [0.25, 0.3) is 0 Å². The summed E-state index contributed by atoms with van der Waals surface area (Å²) in [6, 6.07) is 16.9. The number of halogens is 1. The van der Waals surface area contributed by atoms with Crippen molar-refractivity contribution >= 4 is 23.0 Å². The lowest BCUT2D eigenvalue weighted by Crippen LogP contribution is -2.58. The maximum absolute atomic E-state index is 14.0. The second kappa shape index (κ2) is 8.16. The second-order valence-corrected chi connectivity index (χ2v) is 9.70. The number of fused-ring (bicyclic) bond motifs is 1. The Labute approximate surface area is 185 Å². The Balaban J connectivity index is 1.39. The predicted octanol–water partition coefficient (Wildman–Crippen LogP) is 6.24. The number of quaternary nitrogens is 1. The Hall–Kier alpha value is -1.59. The Morgan fingerprint density at radius 2 is 1.63 bits per heavy atom. The van der Waals surface area contributed by atoms with Crippen LogP contribution in [0.2, 0.25) is 5.02 Å². The first kappa shape index (κ1) is 20.3. The summed E-state index contributed by atoms with van der Waals surface area (Å²) < 4.78 is -0.318. The lowest BCUT2D eigenvalue weighted by Gasteiger charge is -2.52. The van der Waals surface area contributed by atoms with Gasteiger partial charge in [0.15, 0.2) is 12.4 Å². The zero-order valence-corrected chi connectivity index (χ0v) is 18.4. The smallest absolute Gasteiger partial charge is 0.176 e. The number of likely N-dealkylation sites (tertiary alicyclic amines) is 1. The van der Waals surface area contributed by atoms with Crippen LogP contribution in [0, 0.1) is 5.21 Å². The highest BCUT2D eigenvalue weighted by Gasteiger charge is 2.45. The molecule has 1 saturated heterocycles. The van der Waals surface area contributed by atoms with Crippen molar-refractivity contribution in [2.75, 3.05) is 25.1 Å². The van der Waals surface area contributed by atoms with Crippen LogP contribution in [0.3, 0.4) is 0 Å². The summed E-state index contributed by atoms with van der Waals surface area (Å²) in [6.07, 6.45) is 9.57. The highest BCUT2D eigenvalue weighted by atomic mass is 35.5. The van der Waals surface area contributed by atoms with Gasteiger partial charge >= 0.3 is 0 Å². The van der Waals surface area contributed by atoms with Crippen LogP contribution in [0.5, 0.6) is 0 Å². The van der Waals surface area contributed by atoms with E-state index in [-0.39, 0.29) is 16.2 Å². The zero-order chi connectivity index (χ0) is 20.6. The summed E-state index contributed by atoms with van der Waals surface area (Å²) in [5.74, 6) is 0. The van der Waals surface area contributed by atoms with Crippen LogP contribution < -0.4 is 9.96 Å². The number of nitrogens with zero attached hydrogens (tertiary/aromatic N) is 2. The number of benzene rings is 2. The zero-order valence-electron chi connectivity index (χ0n) is 17.7. The van der Waals surface area contributed by atoms with Crippen LogP contribution in [0.1, 0.15) is 56.9 Å². The third-order valence-electron chi connectivity index (χ3n) is 7.77. The van der Waals surface area contributed by atoms with Gasteiger partial charge < -0.3 is 15.2 Å². The van der Waals surface area contributed by atoms with Crippen LogP contribution in [-0.2, 0) is 5.54 Å². The third kappa shape index (κ3) is 3.34. The molecule has 0 radical (unpaired) electrons. The van der Waals surface area contributed by atoms with Gasteiger partial charge in [-0.15, -0.1) is 0 Å². The molecule has 0 aromatic heterocycles. The Morgan fingerprint density at radius 1 is 0.933 bits per heavy atom. The molecule has 3 aliphatic rings. The van der Waals surface area contributed by atoms with Crippen molar-refractivity contribution in [1.82, 2.24) is 9.55 Å². The largest absolute Gasteiger partial charge is 0.626 e. The molecule has 2 aliphatic heterocycles. The fraction of sp³-hybridized carbons (Fsp3) is 0.520. The molecule has 0 amide bonds. The molecule has 0 spiro atoms. The third-order valence-corrected chi connectivity index (χ3v) is 8.08. The van der Waals surface area contributed by atoms with E-state index in [1.807, 2.05) is 18.2 Å². The summed E-state index contributed by atoms with van der Waals surface area (Å²) >= 11 is 6.48. The van der Waals surface area contributed by atoms with Gasteiger partial charge in [-0.1, -0.05) is 73.7 Å². The molecule has 0 bridgehead atoms. The van der Waals surface area contributed by atoms with E-state index in [4.69, 9.17) is 11.6 Å². The number of piperidine rings is 1. The fourth-order valence-electron chi connectivity index (χ4n) is 6.20. The van der Waals surface area contributed by atoms with Gasteiger partial charge in [-0.3, -0.25) is 4.90 Å². The number of hydroxylamine groups is 2. The van der Waals surface area contributed by atoms with E-state index in [9.17, 15) is 5.21 Å². The normalized spacial score (nSPS) is 27.3. The van der Waals surface area contributed by atoms with Crippen LogP contribution in [0.15, 0.2) is 48.5 Å². The van der Waals surface area contributed by atoms with Crippen LogP contribution in [0.4, 0.5) is 11.4 Å². The van der Waals surface area contributed by atoms with Crippen molar-refractivity contribution in [2.24, 2.45) is 0 Å². The molecule has 2 aromatic carbocycles. The molecule has 5 heteroatoms. The fourth-order valence-corrected chi connectivity index (χ4v) is 6.51. The van der Waals surface area contributed by atoms with Crippen molar-refractivity contribution in [2.45, 2.75) is 62.9 Å². The number of anilines is 1. The first-order chi connectivity index (χ1) is 14.6. The predicted molar refractivity (Wildman–Crippen MR) is 126 cm³/mol. The topological polar surface area (TPSA) is 38.3 Å². The lowest BCUT2D eigenvalue weighted by atomic mass is 9.79. The summed E-state index contributed by atoms with van der Waals surface area (Å²) in [5, 5.41) is 17.9. The molecule has 1 unspecified atom stereocenters. The first-order valence-corrected chi connectivity index (χ1v) is 11.9. The van der Waals surface area contributed by atoms with Gasteiger partial charge in [0.05, 0.1) is 6.04 Å². The minimum absolute atomic E-state index is 0.0634. The molecule has 1 aliphatic carbocycles. The monoisotopic (exact) mass is 425 g/mol. The SMILES string of the molecule is [O-][N+]1(C2CCN(C3(c4ccccc4)CCCCCC3)CC2)CNc2cccc(Cl)c21. The lowest BCUT2D eigenvalue weighted by molar-refractivity contribution is 0.0280. The van der Waals surface area contributed by atoms with Gasteiger partial charge in [0.25, 0.3) is 0 Å². The molecular weight excluding hydrogens is 394 g/mol. The van der Waals surface area contributed by atoms with Gasteiger partial charge in [0.2, 0.25) is 0 Å². The van der Waals surface area contributed by atoms with E-state index < -0.39 is 0 Å². The molecule has 2 aromatic rings. The van der Waals surface area contributed by atoms with E-state index in [0.29, 0.717) is 11.7 Å². The summed E-state index contributed by atoms with van der Waals surface area (Å²) in [4.78, 5) is 2.72. The average Bonchev–Trinajstić information content (AvgIpc) is 2.98. The number of rotatable bonds is 3. The van der Waals surface area contributed by atoms with E-state index in [2.05, 4.69) is 40.5 Å². The van der Waals surface area contributed by atoms with Crippen molar-refractivity contribution in [3.05, 3.63) is 64.3 Å². The minimum Gasteiger partial charge on any atom is -0.626 e. The highest BCUT2D eigenvalue weighted by Crippen LogP contribution is 2.47. The van der Waals surface area contributed by atoms with Crippen molar-refractivity contribution in [1.29, 1.82) is 0 Å². The van der Waals surface area contributed by atoms with Gasteiger partial charge in [-0.05, 0) is 30.5 Å². The molecule has 5 rings (SSSR count). The summed E-state index contributed by atoms with van der Waals surface area (Å²) in [7, 11) is 0. The highest BCUT2D eigenvalue weighted by molar-refractivity contribution is 6.34. The van der Waals surface area contributed by atoms with Gasteiger partial charge in [0.1, 0.15) is 10.7 Å². The minimum atomic E-state index is -0.318. The standard InChI is InChI=1S/C25H32ClN3O/c26-22-11-8-12-23-24(22)29(30,19-27-23)21-13-17-28(18-14-21)25(15-6-1-2-7-16-25)20-9-4-3-5-10-20/h3-5,8-12,21,27H,1-2,6-7,13-19H2.